The van der Waals surface area contributed by atoms with E-state index >= 15 is 0 Å². The number of pyridine rings is 6. The van der Waals surface area contributed by atoms with E-state index in [1.165, 1.54) is 0 Å². The van der Waals surface area contributed by atoms with Gasteiger partial charge in [-0.05, 0) is 108 Å². The third-order valence-electron chi connectivity index (χ3n) is 12.8. The van der Waals surface area contributed by atoms with E-state index in [2.05, 4.69) is 125 Å². The van der Waals surface area contributed by atoms with Crippen LogP contribution in [0.4, 0.5) is 0 Å². The molecule has 6 heterocycles. The molecule has 0 aliphatic carbocycles. The van der Waals surface area contributed by atoms with Crippen LogP contribution < -0.4 is 0 Å². The second-order valence-electron chi connectivity index (χ2n) is 21.0. The van der Waals surface area contributed by atoms with Gasteiger partial charge in [0.25, 0.3) is 0 Å². The van der Waals surface area contributed by atoms with Gasteiger partial charge in [0.1, 0.15) is 0 Å². The lowest BCUT2D eigenvalue weighted by Gasteiger charge is -2.04. The number of benzene rings is 6. The van der Waals surface area contributed by atoms with Crippen molar-refractivity contribution in [3.8, 4) is 0 Å². The summed E-state index contributed by atoms with van der Waals surface area (Å²) in [5, 5.41) is 6.09. The van der Waals surface area contributed by atoms with Crippen LogP contribution in [0, 0.1) is 0 Å². The van der Waals surface area contributed by atoms with Crippen molar-refractivity contribution in [1.82, 2.24) is 29.9 Å². The van der Waals surface area contributed by atoms with Crippen molar-refractivity contribution in [2.75, 3.05) is 0 Å². The Morgan fingerprint density at radius 1 is 0.218 bits per heavy atom. The van der Waals surface area contributed by atoms with Crippen molar-refractivity contribution in [2.24, 2.45) is 0 Å². The molecule has 12 aromatic rings. The number of hydrogen-bond acceptors (Lipinski definition) is 6. The Bertz CT molecular complexity index is 4120. The summed E-state index contributed by atoms with van der Waals surface area (Å²) in [5.41, 5.74) is 11.7. The number of rotatable bonds is 6. The van der Waals surface area contributed by atoms with Gasteiger partial charge >= 0.3 is 0 Å². The summed E-state index contributed by atoms with van der Waals surface area (Å²) in [6, 6.07) is 61.3. The number of fused-ring (bicyclic) bond motifs is 6. The van der Waals surface area contributed by atoms with Crippen molar-refractivity contribution in [3.63, 3.8) is 0 Å². The van der Waals surface area contributed by atoms with Gasteiger partial charge in [0, 0.05) is 66.5 Å². The van der Waals surface area contributed by atoms with Crippen molar-refractivity contribution < 1.29 is 8.22 Å². The molecular formula is C72H78N6. The molecule has 0 N–H and O–H groups in total. The molecule has 6 nitrogen and oxygen atoms in total. The number of para-hydroxylation sites is 6. The Morgan fingerprint density at radius 3 is 1.06 bits per heavy atom. The monoisotopic (exact) mass is 1040 g/mol. The third-order valence-corrected chi connectivity index (χ3v) is 12.8. The minimum Gasteiger partial charge on any atom is -0.253 e. The first-order chi connectivity index (χ1) is 40.1. The fraction of sp³-hybridized carbons (Fsp3) is 0.250. The normalized spacial score (nSPS) is 12.1. The molecule has 6 heteroatoms. The third kappa shape index (κ3) is 16.4. The van der Waals surface area contributed by atoms with E-state index in [9.17, 15) is 0 Å². The highest BCUT2D eigenvalue weighted by molar-refractivity contribution is 5.82. The van der Waals surface area contributed by atoms with Crippen LogP contribution in [-0.2, 0) is 0 Å². The highest BCUT2D eigenvalue weighted by Crippen LogP contribution is 2.22. The van der Waals surface area contributed by atoms with Gasteiger partial charge in [-0.15, -0.1) is 0 Å². The predicted molar refractivity (Wildman–Crippen MR) is 335 cm³/mol. The summed E-state index contributed by atoms with van der Waals surface area (Å²) in [6.07, 6.45) is 0. The van der Waals surface area contributed by atoms with Gasteiger partial charge in [-0.2, -0.15) is 0 Å². The van der Waals surface area contributed by atoms with Crippen LogP contribution in [0.2, 0.25) is 0 Å². The SMILES string of the molecule is [3H]c1cc(C(C)C)nc2ccccc12.[3H]c1cc2ccccc2nc1C(C)C.[3H]c1ccc2ccc(C(C)C)nc2c1.[3H]c1ccc2nc(C(C)C)ccc2c1.[3H]c1cccc2ccc(C(C)C)nc12.[3H]c1cccc2nc(C(C)C)ccc12. The zero-order chi connectivity index (χ0) is 60.8. The molecule has 0 aliphatic heterocycles. The van der Waals surface area contributed by atoms with Gasteiger partial charge in [-0.25, -0.2) is 0 Å². The summed E-state index contributed by atoms with van der Waals surface area (Å²) >= 11 is 0. The first-order valence-corrected chi connectivity index (χ1v) is 27.3. The second-order valence-corrected chi connectivity index (χ2v) is 21.0. The van der Waals surface area contributed by atoms with Crippen LogP contribution in [0.25, 0.3) is 65.4 Å². The van der Waals surface area contributed by atoms with Gasteiger partial charge in [-0.3, -0.25) is 29.9 Å². The molecule has 0 amide bonds. The van der Waals surface area contributed by atoms with Crippen LogP contribution in [0.15, 0.2) is 218 Å². The summed E-state index contributed by atoms with van der Waals surface area (Å²) in [7, 11) is 0. The highest BCUT2D eigenvalue weighted by atomic mass is 14.7. The molecule has 0 aliphatic rings. The van der Waals surface area contributed by atoms with E-state index < -0.39 is 0 Å². The average Bonchev–Trinajstić information content (AvgIpc) is 3.69. The molecule has 12 rings (SSSR count). The molecule has 6 aromatic heterocycles. The maximum Gasteiger partial charge on any atom is 0.0705 e. The summed E-state index contributed by atoms with van der Waals surface area (Å²) < 4.78 is 46.1. The van der Waals surface area contributed by atoms with Gasteiger partial charge in [0.05, 0.1) is 41.3 Å². The van der Waals surface area contributed by atoms with Crippen LogP contribution in [-0.4, -0.2) is 29.9 Å². The van der Waals surface area contributed by atoms with E-state index in [-0.39, 0.29) is 0 Å². The van der Waals surface area contributed by atoms with Gasteiger partial charge < -0.3 is 0 Å². The second kappa shape index (κ2) is 28.2. The van der Waals surface area contributed by atoms with Gasteiger partial charge in [-0.1, -0.05) is 229 Å². The Hall–Kier alpha value is -8.22. The summed E-state index contributed by atoms with van der Waals surface area (Å²) in [5.74, 6) is 2.44. The molecule has 0 saturated carbocycles. The fourth-order valence-corrected chi connectivity index (χ4v) is 7.99. The first kappa shape index (κ1) is 49.4. The van der Waals surface area contributed by atoms with E-state index in [0.717, 1.165) is 99.6 Å². The molecule has 6 aromatic carbocycles. The molecule has 396 valence electrons. The number of hydrogen-bond donors (Lipinski definition) is 0. The quantitative estimate of drug-likeness (QED) is 0.165. The van der Waals surface area contributed by atoms with Crippen LogP contribution in [0.3, 0.4) is 0 Å². The molecule has 0 spiro atoms. The van der Waals surface area contributed by atoms with E-state index in [0.29, 0.717) is 71.8 Å². The largest absolute Gasteiger partial charge is 0.253 e. The topological polar surface area (TPSA) is 77.3 Å². The maximum atomic E-state index is 7.86. The Kier molecular flexibility index (Phi) is 17.9. The Morgan fingerprint density at radius 2 is 0.526 bits per heavy atom. The lowest BCUT2D eigenvalue weighted by molar-refractivity contribution is 0.830. The van der Waals surface area contributed by atoms with E-state index in [1.54, 1.807) is 30.3 Å². The minimum absolute atomic E-state index is 0.312. The molecular weight excluding hydrogens is 949 g/mol. The van der Waals surface area contributed by atoms with E-state index in [4.69, 9.17) is 8.22 Å². The minimum atomic E-state index is 0.312. The smallest absolute Gasteiger partial charge is 0.0705 e. The van der Waals surface area contributed by atoms with Crippen molar-refractivity contribution in [3.05, 3.63) is 252 Å². The van der Waals surface area contributed by atoms with Crippen molar-refractivity contribution >= 4 is 65.4 Å². The lowest BCUT2D eigenvalue weighted by Crippen LogP contribution is -1.91. The van der Waals surface area contributed by atoms with Crippen molar-refractivity contribution in [2.45, 2.75) is 119 Å². The molecule has 0 saturated heterocycles. The predicted octanol–water partition coefficient (Wildman–Crippen LogP) is 20.1. The summed E-state index contributed by atoms with van der Waals surface area (Å²) in [6.45, 7) is 25.3. The molecule has 0 bridgehead atoms. The highest BCUT2D eigenvalue weighted by Gasteiger charge is 2.06. The molecule has 0 atom stereocenters. The zero-order valence-electron chi connectivity index (χ0n) is 53.5. The van der Waals surface area contributed by atoms with Gasteiger partial charge in [0.15, 0.2) is 0 Å². The fourth-order valence-electron chi connectivity index (χ4n) is 7.99. The average molecular weight is 1040 g/mol. The molecule has 0 radical (unpaired) electrons. The van der Waals surface area contributed by atoms with Crippen LogP contribution in [0.1, 0.15) is 161 Å². The standard InChI is InChI=1S/6C12H13N/c6*1-9(2)11-8-7-10-5-3-4-6-12(10)13-11/h6*3-9H,1-2H3/i8T;7T;6T;5T;4T;3T. The molecule has 0 unspecified atom stereocenters. The number of nitrogens with zero attached hydrogens (tertiary/aromatic N) is 6. The van der Waals surface area contributed by atoms with Gasteiger partial charge in [0.2, 0.25) is 0 Å². The summed E-state index contributed by atoms with van der Waals surface area (Å²) in [4.78, 5) is 27.1. The first-order valence-electron chi connectivity index (χ1n) is 30.3. The molecule has 78 heavy (non-hydrogen) atoms. The Labute approximate surface area is 472 Å². The molecule has 0 fully saturated rings. The van der Waals surface area contributed by atoms with Crippen LogP contribution >= 0.6 is 0 Å². The lowest BCUT2D eigenvalue weighted by atomic mass is 10.1. The Balaban J connectivity index is 0.000000145. The van der Waals surface area contributed by atoms with Crippen molar-refractivity contribution in [1.29, 1.82) is 0 Å². The number of aromatic nitrogens is 6. The maximum absolute atomic E-state index is 7.86. The van der Waals surface area contributed by atoms with E-state index in [1.807, 2.05) is 140 Å². The zero-order valence-corrected chi connectivity index (χ0v) is 47.5. The van der Waals surface area contributed by atoms with Crippen LogP contribution in [0.5, 0.6) is 0 Å².